The lowest BCUT2D eigenvalue weighted by atomic mass is 9.97. The van der Waals surface area contributed by atoms with Crippen molar-refractivity contribution in [2.75, 3.05) is 18.4 Å². The highest BCUT2D eigenvalue weighted by molar-refractivity contribution is 5.94. The third kappa shape index (κ3) is 5.65. The van der Waals surface area contributed by atoms with Gasteiger partial charge in [-0.2, -0.15) is 5.10 Å². The van der Waals surface area contributed by atoms with Crippen molar-refractivity contribution < 1.29 is 9.59 Å². The summed E-state index contributed by atoms with van der Waals surface area (Å²) in [4.78, 5) is 22.6. The van der Waals surface area contributed by atoms with Crippen LogP contribution in [0, 0.1) is 0 Å². The Balaban J connectivity index is 0.00000242. The van der Waals surface area contributed by atoms with Gasteiger partial charge in [-0.05, 0) is 12.8 Å². The Kier molecular flexibility index (Phi) is 7.90. The van der Waals surface area contributed by atoms with Crippen LogP contribution in [0.3, 0.4) is 0 Å². The van der Waals surface area contributed by atoms with Gasteiger partial charge in [0.1, 0.15) is 0 Å². The molecular weight excluding hydrogens is 306 g/mol. The van der Waals surface area contributed by atoms with E-state index in [1.54, 1.807) is 0 Å². The molecule has 0 radical (unpaired) electrons. The molecule has 1 aromatic rings. The minimum absolute atomic E-state index is 0. The van der Waals surface area contributed by atoms with Crippen molar-refractivity contribution in [3.8, 4) is 0 Å². The molecule has 1 saturated carbocycles. The highest BCUT2D eigenvalue weighted by atomic mass is 35.5. The molecule has 2 rings (SSSR count). The van der Waals surface area contributed by atoms with E-state index in [4.69, 9.17) is 5.73 Å². The minimum atomic E-state index is -0.355. The van der Waals surface area contributed by atoms with E-state index in [-0.39, 0.29) is 37.3 Å². The van der Waals surface area contributed by atoms with E-state index in [1.165, 1.54) is 38.5 Å². The average Bonchev–Trinajstić information content (AvgIpc) is 2.77. The number of H-pyrrole nitrogens is 1. The fourth-order valence-electron chi connectivity index (χ4n) is 2.64. The number of aromatic nitrogens is 2. The van der Waals surface area contributed by atoms with Crippen LogP contribution in [0.1, 0.15) is 50.1 Å². The Morgan fingerprint density at radius 2 is 1.91 bits per heavy atom. The molecule has 22 heavy (non-hydrogen) atoms. The summed E-state index contributed by atoms with van der Waals surface area (Å²) in [5.41, 5.74) is 6.23. The van der Waals surface area contributed by atoms with E-state index in [9.17, 15) is 9.59 Å². The van der Waals surface area contributed by atoms with Crippen LogP contribution >= 0.6 is 12.4 Å². The normalized spacial score (nSPS) is 15.5. The lowest BCUT2D eigenvalue weighted by Crippen LogP contribution is -2.36. The van der Waals surface area contributed by atoms with E-state index >= 15 is 0 Å². The van der Waals surface area contributed by atoms with Crippen LogP contribution in [-0.2, 0) is 9.59 Å². The third-order valence-electron chi connectivity index (χ3n) is 3.79. The van der Waals surface area contributed by atoms with Crippen molar-refractivity contribution in [1.82, 2.24) is 15.5 Å². The summed E-state index contributed by atoms with van der Waals surface area (Å²) in [6.45, 7) is -0.219. The van der Waals surface area contributed by atoms with Crippen molar-refractivity contribution in [1.29, 1.82) is 0 Å². The van der Waals surface area contributed by atoms with Gasteiger partial charge in [-0.15, -0.1) is 12.4 Å². The standard InChI is InChI=1S/C14H23N5O2.ClH/c15-8-13(20)16-9-14(21)17-12-7-11(18-19-12)10-5-3-1-2-4-6-10;/h7,10H,1-6,8-9,15H2,(H,16,20)(H2,17,18,19,21);1H. The van der Waals surface area contributed by atoms with Crippen LogP contribution in [0.2, 0.25) is 0 Å². The van der Waals surface area contributed by atoms with Crippen molar-refractivity contribution in [2.45, 2.75) is 44.4 Å². The molecule has 0 spiro atoms. The number of amides is 2. The Labute approximate surface area is 136 Å². The van der Waals surface area contributed by atoms with Gasteiger partial charge in [0, 0.05) is 17.7 Å². The summed E-state index contributed by atoms with van der Waals surface area (Å²) in [7, 11) is 0. The SMILES string of the molecule is Cl.NCC(=O)NCC(=O)Nc1cc(C2CCCCCC2)[nH]n1. The number of carbonyl (C=O) groups excluding carboxylic acids is 2. The number of nitrogens with two attached hydrogens (primary N) is 1. The number of hydrogen-bond acceptors (Lipinski definition) is 4. The lowest BCUT2D eigenvalue weighted by Gasteiger charge is -2.10. The molecular formula is C14H24ClN5O2. The average molecular weight is 330 g/mol. The molecule has 0 aliphatic heterocycles. The molecule has 2 amide bonds. The van der Waals surface area contributed by atoms with Crippen LogP contribution < -0.4 is 16.4 Å². The van der Waals surface area contributed by atoms with Crippen LogP contribution in [-0.4, -0.2) is 35.1 Å². The molecule has 1 aliphatic rings. The first-order chi connectivity index (χ1) is 10.2. The lowest BCUT2D eigenvalue weighted by molar-refractivity contribution is -0.123. The van der Waals surface area contributed by atoms with Gasteiger partial charge >= 0.3 is 0 Å². The van der Waals surface area contributed by atoms with Crippen molar-refractivity contribution in [2.24, 2.45) is 5.73 Å². The second-order valence-corrected chi connectivity index (χ2v) is 5.43. The first-order valence-electron chi connectivity index (χ1n) is 7.51. The molecule has 5 N–H and O–H groups in total. The topological polar surface area (TPSA) is 113 Å². The van der Waals surface area contributed by atoms with Gasteiger partial charge in [0.05, 0.1) is 13.1 Å². The number of aromatic amines is 1. The quantitative estimate of drug-likeness (QED) is 0.609. The molecule has 0 atom stereocenters. The maximum absolute atomic E-state index is 11.7. The van der Waals surface area contributed by atoms with Gasteiger partial charge in [-0.25, -0.2) is 0 Å². The largest absolute Gasteiger partial charge is 0.346 e. The first kappa shape index (κ1) is 18.4. The number of nitrogens with zero attached hydrogens (tertiary/aromatic N) is 1. The molecule has 1 aliphatic carbocycles. The molecule has 0 unspecified atom stereocenters. The summed E-state index contributed by atoms with van der Waals surface area (Å²) in [6, 6.07) is 1.89. The number of carbonyl (C=O) groups is 2. The number of rotatable bonds is 5. The minimum Gasteiger partial charge on any atom is -0.346 e. The fraction of sp³-hybridized carbons (Fsp3) is 0.643. The monoisotopic (exact) mass is 329 g/mol. The number of nitrogens with one attached hydrogen (secondary N) is 3. The maximum atomic E-state index is 11.7. The Morgan fingerprint density at radius 1 is 1.23 bits per heavy atom. The van der Waals surface area contributed by atoms with Gasteiger partial charge in [-0.3, -0.25) is 14.7 Å². The maximum Gasteiger partial charge on any atom is 0.244 e. The second-order valence-electron chi connectivity index (χ2n) is 5.43. The van der Waals surface area contributed by atoms with Crippen molar-refractivity contribution in [3.63, 3.8) is 0 Å². The fourth-order valence-corrected chi connectivity index (χ4v) is 2.64. The Morgan fingerprint density at radius 3 is 2.55 bits per heavy atom. The van der Waals surface area contributed by atoms with Crippen LogP contribution in [0.25, 0.3) is 0 Å². The summed E-state index contributed by atoms with van der Waals surface area (Å²) < 4.78 is 0. The van der Waals surface area contributed by atoms with Crippen LogP contribution in [0.5, 0.6) is 0 Å². The van der Waals surface area contributed by atoms with Gasteiger partial charge < -0.3 is 16.4 Å². The number of hydrogen-bond donors (Lipinski definition) is 4. The number of anilines is 1. The van der Waals surface area contributed by atoms with Crippen LogP contribution in [0.15, 0.2) is 6.07 Å². The van der Waals surface area contributed by atoms with Crippen LogP contribution in [0.4, 0.5) is 5.82 Å². The first-order valence-corrected chi connectivity index (χ1v) is 7.51. The third-order valence-corrected chi connectivity index (χ3v) is 3.79. The zero-order valence-corrected chi connectivity index (χ0v) is 13.4. The highest BCUT2D eigenvalue weighted by Gasteiger charge is 2.17. The summed E-state index contributed by atoms with van der Waals surface area (Å²) in [5.74, 6) is 0.339. The zero-order chi connectivity index (χ0) is 15.1. The summed E-state index contributed by atoms with van der Waals surface area (Å²) in [5, 5.41) is 12.2. The smallest absolute Gasteiger partial charge is 0.244 e. The summed E-state index contributed by atoms with van der Waals surface area (Å²) >= 11 is 0. The predicted molar refractivity (Wildman–Crippen MR) is 87.0 cm³/mol. The Bertz CT molecular complexity index is 483. The molecule has 1 fully saturated rings. The summed E-state index contributed by atoms with van der Waals surface area (Å²) in [6.07, 6.45) is 7.43. The Hall–Kier alpha value is -1.60. The molecule has 0 bridgehead atoms. The molecule has 124 valence electrons. The molecule has 7 nitrogen and oxygen atoms in total. The molecule has 1 aromatic heterocycles. The van der Waals surface area contributed by atoms with E-state index in [0.717, 1.165) is 5.69 Å². The number of halogens is 1. The van der Waals surface area contributed by atoms with Gasteiger partial charge in [0.2, 0.25) is 11.8 Å². The molecule has 0 saturated heterocycles. The van der Waals surface area contributed by atoms with E-state index < -0.39 is 0 Å². The van der Waals surface area contributed by atoms with E-state index in [2.05, 4.69) is 20.8 Å². The van der Waals surface area contributed by atoms with Gasteiger partial charge in [-0.1, -0.05) is 25.7 Å². The zero-order valence-electron chi connectivity index (χ0n) is 12.6. The predicted octanol–water partition coefficient (Wildman–Crippen LogP) is 1.28. The van der Waals surface area contributed by atoms with Gasteiger partial charge in [0.25, 0.3) is 0 Å². The second kappa shape index (κ2) is 9.42. The highest BCUT2D eigenvalue weighted by Crippen LogP contribution is 2.31. The molecule has 8 heteroatoms. The van der Waals surface area contributed by atoms with E-state index in [1.807, 2.05) is 6.07 Å². The van der Waals surface area contributed by atoms with Crippen molar-refractivity contribution in [3.05, 3.63) is 11.8 Å². The molecule has 1 heterocycles. The van der Waals surface area contributed by atoms with Gasteiger partial charge in [0.15, 0.2) is 5.82 Å². The van der Waals surface area contributed by atoms with Crippen molar-refractivity contribution >= 4 is 30.0 Å². The molecule has 0 aromatic carbocycles. The van der Waals surface area contributed by atoms with E-state index in [0.29, 0.717) is 11.7 Å².